The molecule has 0 radical (unpaired) electrons. The molecule has 0 aromatic heterocycles. The fraction of sp³-hybridized carbons (Fsp3) is 0.538. The van der Waals surface area contributed by atoms with Crippen LogP contribution < -0.4 is 0 Å². The van der Waals surface area contributed by atoms with Crippen LogP contribution in [0.1, 0.15) is 12.0 Å². The first-order valence-electron chi connectivity index (χ1n) is 6.00. The Kier molecular flexibility index (Phi) is 4.69. The molecule has 1 aliphatic heterocycles. The molecule has 0 bridgehead atoms. The van der Waals surface area contributed by atoms with E-state index >= 15 is 0 Å². The molecule has 0 N–H and O–H groups in total. The predicted octanol–water partition coefficient (Wildman–Crippen LogP) is 3.13. The average Bonchev–Trinajstić information content (AvgIpc) is 2.49. The van der Waals surface area contributed by atoms with E-state index in [1.807, 2.05) is 12.1 Å². The summed E-state index contributed by atoms with van der Waals surface area (Å²) in [4.78, 5) is 4.86. The van der Waals surface area contributed by atoms with Gasteiger partial charge < -0.3 is 4.90 Å². The fourth-order valence-electron chi connectivity index (χ4n) is 2.15. The van der Waals surface area contributed by atoms with Gasteiger partial charge in [0.1, 0.15) is 0 Å². The van der Waals surface area contributed by atoms with Crippen LogP contribution in [0.5, 0.6) is 0 Å². The zero-order valence-corrected chi connectivity index (χ0v) is 11.6. The van der Waals surface area contributed by atoms with Crippen molar-refractivity contribution in [3.8, 4) is 0 Å². The quantitative estimate of drug-likeness (QED) is 0.816. The van der Waals surface area contributed by atoms with Gasteiger partial charge in [0.25, 0.3) is 0 Å². The molecule has 1 aromatic carbocycles. The minimum absolute atomic E-state index is 0.631. The van der Waals surface area contributed by atoms with Crippen LogP contribution in [0.4, 0.5) is 0 Å². The minimum Gasteiger partial charge on any atom is -0.305 e. The van der Waals surface area contributed by atoms with Gasteiger partial charge in [0, 0.05) is 19.6 Å². The van der Waals surface area contributed by atoms with E-state index in [2.05, 4.69) is 22.9 Å². The summed E-state index contributed by atoms with van der Waals surface area (Å²) in [5.41, 5.74) is 1.24. The monoisotopic (exact) mass is 272 g/mol. The van der Waals surface area contributed by atoms with Crippen molar-refractivity contribution >= 4 is 23.2 Å². The maximum absolute atomic E-state index is 6.03. The van der Waals surface area contributed by atoms with Crippen molar-refractivity contribution in [1.82, 2.24) is 9.80 Å². The van der Waals surface area contributed by atoms with E-state index in [0.29, 0.717) is 10.0 Å². The summed E-state index contributed by atoms with van der Waals surface area (Å²) in [6, 6.07) is 5.91. The van der Waals surface area contributed by atoms with Crippen molar-refractivity contribution in [3.05, 3.63) is 33.8 Å². The third-order valence-electron chi connectivity index (χ3n) is 3.20. The number of likely N-dealkylation sites (N-methyl/N-ethyl adjacent to an activating group) is 1. The Bertz CT molecular complexity index is 382. The van der Waals surface area contributed by atoms with Gasteiger partial charge in [-0.2, -0.15) is 0 Å². The van der Waals surface area contributed by atoms with Gasteiger partial charge in [0.15, 0.2) is 0 Å². The molecule has 2 rings (SSSR count). The van der Waals surface area contributed by atoms with E-state index in [-0.39, 0.29) is 0 Å². The Morgan fingerprint density at radius 1 is 1.06 bits per heavy atom. The molecule has 2 nitrogen and oxygen atoms in total. The van der Waals surface area contributed by atoms with Crippen LogP contribution >= 0.6 is 23.2 Å². The third kappa shape index (κ3) is 3.85. The van der Waals surface area contributed by atoms with Crippen LogP contribution in [0, 0.1) is 0 Å². The molecule has 94 valence electrons. The van der Waals surface area contributed by atoms with E-state index in [9.17, 15) is 0 Å². The lowest BCUT2D eigenvalue weighted by Crippen LogP contribution is -2.28. The Balaban J connectivity index is 1.97. The van der Waals surface area contributed by atoms with Gasteiger partial charge in [-0.1, -0.05) is 29.3 Å². The number of benzene rings is 1. The second-order valence-electron chi connectivity index (χ2n) is 4.68. The Morgan fingerprint density at radius 3 is 2.65 bits per heavy atom. The first kappa shape index (κ1) is 13.2. The standard InChI is InChI=1S/C13H18Cl2N2/c1-16-5-2-6-17(8-7-16)10-11-3-4-12(14)13(15)9-11/h3-4,9H,2,5-8,10H2,1H3. The molecular weight excluding hydrogens is 255 g/mol. The molecule has 1 saturated heterocycles. The molecule has 17 heavy (non-hydrogen) atoms. The molecule has 0 saturated carbocycles. The Labute approximate surface area is 113 Å². The van der Waals surface area contributed by atoms with Gasteiger partial charge in [-0.05, 0) is 44.3 Å². The number of hydrogen-bond donors (Lipinski definition) is 0. The van der Waals surface area contributed by atoms with Crippen LogP contribution in [0.3, 0.4) is 0 Å². The van der Waals surface area contributed by atoms with E-state index < -0.39 is 0 Å². The van der Waals surface area contributed by atoms with Crippen LogP contribution in [0.2, 0.25) is 10.0 Å². The van der Waals surface area contributed by atoms with Crippen LogP contribution in [-0.2, 0) is 6.54 Å². The molecule has 1 fully saturated rings. The largest absolute Gasteiger partial charge is 0.305 e. The van der Waals surface area contributed by atoms with Gasteiger partial charge in [-0.3, -0.25) is 4.90 Å². The molecule has 1 aromatic rings. The summed E-state index contributed by atoms with van der Waals surface area (Å²) in [6.45, 7) is 5.57. The van der Waals surface area contributed by atoms with Crippen molar-refractivity contribution in [2.75, 3.05) is 33.2 Å². The summed E-state index contributed by atoms with van der Waals surface area (Å²) < 4.78 is 0. The van der Waals surface area contributed by atoms with Crippen LogP contribution in [-0.4, -0.2) is 43.0 Å². The van der Waals surface area contributed by atoms with Crippen molar-refractivity contribution in [2.24, 2.45) is 0 Å². The lowest BCUT2D eigenvalue weighted by molar-refractivity contribution is 0.269. The maximum atomic E-state index is 6.03. The summed E-state index contributed by atoms with van der Waals surface area (Å²) >= 11 is 11.9. The first-order chi connectivity index (χ1) is 8.15. The maximum Gasteiger partial charge on any atom is 0.0595 e. The second-order valence-corrected chi connectivity index (χ2v) is 5.50. The zero-order chi connectivity index (χ0) is 12.3. The number of halogens is 2. The smallest absolute Gasteiger partial charge is 0.0595 e. The highest BCUT2D eigenvalue weighted by atomic mass is 35.5. The number of rotatable bonds is 2. The SMILES string of the molecule is CN1CCCN(Cc2ccc(Cl)c(Cl)c2)CC1. The Hall–Kier alpha value is -0.280. The third-order valence-corrected chi connectivity index (χ3v) is 3.94. The van der Waals surface area contributed by atoms with Crippen molar-refractivity contribution in [1.29, 1.82) is 0 Å². The van der Waals surface area contributed by atoms with Crippen LogP contribution in [0.25, 0.3) is 0 Å². The van der Waals surface area contributed by atoms with Gasteiger partial charge in [-0.25, -0.2) is 0 Å². The highest BCUT2D eigenvalue weighted by Gasteiger charge is 2.12. The topological polar surface area (TPSA) is 6.48 Å². The van der Waals surface area contributed by atoms with E-state index in [0.717, 1.165) is 26.2 Å². The van der Waals surface area contributed by atoms with Gasteiger partial charge in [0.05, 0.1) is 10.0 Å². The normalized spacial score (nSPS) is 19.2. The molecule has 1 heterocycles. The van der Waals surface area contributed by atoms with Crippen molar-refractivity contribution < 1.29 is 0 Å². The lowest BCUT2D eigenvalue weighted by Gasteiger charge is -2.20. The highest BCUT2D eigenvalue weighted by molar-refractivity contribution is 6.42. The van der Waals surface area contributed by atoms with Gasteiger partial charge in [0.2, 0.25) is 0 Å². The first-order valence-corrected chi connectivity index (χ1v) is 6.75. The highest BCUT2D eigenvalue weighted by Crippen LogP contribution is 2.23. The van der Waals surface area contributed by atoms with Crippen molar-refractivity contribution in [3.63, 3.8) is 0 Å². The molecule has 0 amide bonds. The number of nitrogens with zero attached hydrogens (tertiary/aromatic N) is 2. The van der Waals surface area contributed by atoms with Crippen molar-refractivity contribution in [2.45, 2.75) is 13.0 Å². The van der Waals surface area contributed by atoms with E-state index in [1.54, 1.807) is 0 Å². The summed E-state index contributed by atoms with van der Waals surface area (Å²) in [5.74, 6) is 0. The molecule has 0 aliphatic carbocycles. The minimum atomic E-state index is 0.631. The number of hydrogen-bond acceptors (Lipinski definition) is 2. The summed E-state index contributed by atoms with van der Waals surface area (Å²) in [5, 5.41) is 1.28. The zero-order valence-electron chi connectivity index (χ0n) is 10.1. The molecule has 4 heteroatoms. The molecular formula is C13H18Cl2N2. The summed E-state index contributed by atoms with van der Waals surface area (Å²) in [6.07, 6.45) is 1.23. The fourth-order valence-corrected chi connectivity index (χ4v) is 2.47. The lowest BCUT2D eigenvalue weighted by atomic mass is 10.2. The predicted molar refractivity (Wildman–Crippen MR) is 73.9 cm³/mol. The van der Waals surface area contributed by atoms with Gasteiger partial charge in [-0.15, -0.1) is 0 Å². The molecule has 0 unspecified atom stereocenters. The van der Waals surface area contributed by atoms with Gasteiger partial charge >= 0.3 is 0 Å². The molecule has 0 atom stereocenters. The van der Waals surface area contributed by atoms with E-state index in [1.165, 1.54) is 18.5 Å². The molecule has 1 aliphatic rings. The van der Waals surface area contributed by atoms with E-state index in [4.69, 9.17) is 23.2 Å². The summed E-state index contributed by atoms with van der Waals surface area (Å²) in [7, 11) is 2.18. The van der Waals surface area contributed by atoms with Crippen LogP contribution in [0.15, 0.2) is 18.2 Å². The Morgan fingerprint density at radius 2 is 1.88 bits per heavy atom. The molecule has 0 spiro atoms. The second kappa shape index (κ2) is 6.05. The average molecular weight is 273 g/mol.